The van der Waals surface area contributed by atoms with Crippen molar-refractivity contribution in [3.8, 4) is 11.4 Å². The van der Waals surface area contributed by atoms with Crippen molar-refractivity contribution in [1.82, 2.24) is 25.8 Å². The van der Waals surface area contributed by atoms with Crippen molar-refractivity contribution in [2.75, 3.05) is 5.75 Å². The summed E-state index contributed by atoms with van der Waals surface area (Å²) in [4.78, 5) is 28.3. The van der Waals surface area contributed by atoms with Crippen LogP contribution in [0.1, 0.15) is 32.6 Å². The van der Waals surface area contributed by atoms with Crippen molar-refractivity contribution < 1.29 is 9.59 Å². The fourth-order valence-electron chi connectivity index (χ4n) is 3.08. The number of thioether (sulfide) groups is 1. The number of carbonyl (C=O) groups is 2. The van der Waals surface area contributed by atoms with Gasteiger partial charge in [-0.3, -0.25) is 15.2 Å². The van der Waals surface area contributed by atoms with Crippen molar-refractivity contribution in [2.45, 2.75) is 43.8 Å². The van der Waals surface area contributed by atoms with Gasteiger partial charge in [0.2, 0.25) is 11.1 Å². The van der Waals surface area contributed by atoms with Crippen LogP contribution in [0.5, 0.6) is 0 Å². The zero-order valence-electron chi connectivity index (χ0n) is 15.0. The summed E-state index contributed by atoms with van der Waals surface area (Å²) in [6.07, 6.45) is 4.38. The third kappa shape index (κ3) is 5.71. The van der Waals surface area contributed by atoms with Gasteiger partial charge in [0.15, 0.2) is 5.82 Å². The number of imide groups is 1. The molecule has 2 unspecified atom stereocenters. The average molecular weight is 408 g/mol. The molecule has 9 heteroatoms. The summed E-state index contributed by atoms with van der Waals surface area (Å²) in [5.74, 6) is 0.719. The fourth-order valence-corrected chi connectivity index (χ4v) is 3.80. The van der Waals surface area contributed by atoms with E-state index in [2.05, 4.69) is 32.7 Å². The fraction of sp³-hybridized carbons (Fsp3) is 0.444. The van der Waals surface area contributed by atoms with Crippen LogP contribution in [-0.2, 0) is 4.79 Å². The van der Waals surface area contributed by atoms with Crippen molar-refractivity contribution in [3.05, 3.63) is 29.3 Å². The normalized spacial score (nSPS) is 19.5. The second-order valence-electron chi connectivity index (χ2n) is 6.65. The molecule has 0 radical (unpaired) electrons. The lowest BCUT2D eigenvalue weighted by Gasteiger charge is -2.29. The predicted molar refractivity (Wildman–Crippen MR) is 106 cm³/mol. The zero-order chi connectivity index (χ0) is 19.2. The molecule has 27 heavy (non-hydrogen) atoms. The summed E-state index contributed by atoms with van der Waals surface area (Å²) in [5.41, 5.74) is 0.851. The minimum absolute atomic E-state index is 0.0611. The molecule has 1 aliphatic rings. The molecule has 1 aromatic carbocycles. The van der Waals surface area contributed by atoms with E-state index in [0.717, 1.165) is 36.6 Å². The Hall–Kier alpha value is -2.06. The zero-order valence-corrected chi connectivity index (χ0v) is 16.6. The van der Waals surface area contributed by atoms with E-state index in [1.807, 2.05) is 12.1 Å². The number of aromatic amines is 1. The standard InChI is InChI=1S/C18H22ClN5O2S/c1-11-4-2-3-5-14(11)20-17(26)21-15(25)10-27-18-22-16(23-24-18)12-6-8-13(19)9-7-12/h6-9,11,14H,2-5,10H2,1H3,(H,22,23,24)(H2,20,21,25,26). The first-order valence-electron chi connectivity index (χ1n) is 8.93. The number of hydrogen-bond donors (Lipinski definition) is 3. The Kier molecular flexibility index (Phi) is 6.73. The Morgan fingerprint density at radius 1 is 1.26 bits per heavy atom. The van der Waals surface area contributed by atoms with Crippen LogP contribution in [-0.4, -0.2) is 38.9 Å². The number of benzene rings is 1. The topological polar surface area (TPSA) is 99.8 Å². The molecule has 3 rings (SSSR count). The lowest BCUT2D eigenvalue weighted by molar-refractivity contribution is -0.117. The Morgan fingerprint density at radius 2 is 2.00 bits per heavy atom. The highest BCUT2D eigenvalue weighted by atomic mass is 35.5. The number of halogens is 1. The van der Waals surface area contributed by atoms with Gasteiger partial charge >= 0.3 is 6.03 Å². The van der Waals surface area contributed by atoms with Gasteiger partial charge in [-0.05, 0) is 43.0 Å². The van der Waals surface area contributed by atoms with Gasteiger partial charge in [-0.2, -0.15) is 0 Å². The minimum Gasteiger partial charge on any atom is -0.335 e. The molecule has 3 N–H and O–H groups in total. The molecule has 2 atom stereocenters. The molecule has 0 saturated heterocycles. The number of amides is 3. The quantitative estimate of drug-likeness (QED) is 0.657. The first kappa shape index (κ1) is 19.7. The van der Waals surface area contributed by atoms with Gasteiger partial charge in [0, 0.05) is 16.6 Å². The van der Waals surface area contributed by atoms with Gasteiger partial charge in [-0.15, -0.1) is 5.10 Å². The molecule has 0 bridgehead atoms. The molecule has 7 nitrogen and oxygen atoms in total. The highest BCUT2D eigenvalue weighted by Crippen LogP contribution is 2.23. The number of nitrogens with zero attached hydrogens (tertiary/aromatic N) is 2. The van der Waals surface area contributed by atoms with Gasteiger partial charge in [0.1, 0.15) is 0 Å². The molecule has 1 heterocycles. The number of H-pyrrole nitrogens is 1. The summed E-state index contributed by atoms with van der Waals surface area (Å²) in [6, 6.07) is 6.91. The highest BCUT2D eigenvalue weighted by molar-refractivity contribution is 7.99. The summed E-state index contributed by atoms with van der Waals surface area (Å²) in [5, 5.41) is 13.3. The van der Waals surface area contributed by atoms with Crippen molar-refractivity contribution in [2.24, 2.45) is 5.92 Å². The number of carbonyl (C=O) groups excluding carboxylic acids is 2. The number of rotatable bonds is 5. The second-order valence-corrected chi connectivity index (χ2v) is 8.03. The maximum Gasteiger partial charge on any atom is 0.321 e. The molecule has 1 saturated carbocycles. The van der Waals surface area contributed by atoms with Crippen LogP contribution in [0.25, 0.3) is 11.4 Å². The molecule has 1 aromatic heterocycles. The number of aromatic nitrogens is 3. The van der Waals surface area contributed by atoms with Gasteiger partial charge in [0.25, 0.3) is 0 Å². The largest absolute Gasteiger partial charge is 0.335 e. The second kappa shape index (κ2) is 9.23. The number of urea groups is 1. The maximum absolute atomic E-state index is 12.0. The molecule has 1 fully saturated rings. The SMILES string of the molecule is CC1CCCCC1NC(=O)NC(=O)CSc1n[nH]c(-c2ccc(Cl)cc2)n1. The van der Waals surface area contributed by atoms with Crippen LogP contribution in [0.15, 0.2) is 29.4 Å². The van der Waals surface area contributed by atoms with Gasteiger partial charge in [0.05, 0.1) is 5.75 Å². The Morgan fingerprint density at radius 3 is 2.74 bits per heavy atom. The van der Waals surface area contributed by atoms with E-state index in [-0.39, 0.29) is 17.7 Å². The van der Waals surface area contributed by atoms with E-state index in [9.17, 15) is 9.59 Å². The van der Waals surface area contributed by atoms with Crippen LogP contribution in [0, 0.1) is 5.92 Å². The molecule has 1 aliphatic carbocycles. The summed E-state index contributed by atoms with van der Waals surface area (Å²) >= 11 is 7.04. The third-order valence-electron chi connectivity index (χ3n) is 4.60. The van der Waals surface area contributed by atoms with Crippen LogP contribution in [0.2, 0.25) is 5.02 Å². The molecule has 144 valence electrons. The smallest absolute Gasteiger partial charge is 0.321 e. The molecule has 0 aliphatic heterocycles. The van der Waals surface area contributed by atoms with Crippen molar-refractivity contribution >= 4 is 35.3 Å². The average Bonchev–Trinajstić information content (AvgIpc) is 3.11. The third-order valence-corrected chi connectivity index (χ3v) is 5.70. The molecular formula is C18H22ClN5O2S. The Labute approximate surface area is 167 Å². The van der Waals surface area contributed by atoms with E-state index < -0.39 is 6.03 Å². The predicted octanol–water partition coefficient (Wildman–Crippen LogP) is 3.62. The van der Waals surface area contributed by atoms with Crippen LogP contribution in [0.4, 0.5) is 4.79 Å². The Balaban J connectivity index is 1.45. The van der Waals surface area contributed by atoms with Crippen LogP contribution in [0.3, 0.4) is 0 Å². The monoisotopic (exact) mass is 407 g/mol. The summed E-state index contributed by atoms with van der Waals surface area (Å²) < 4.78 is 0. The van der Waals surface area contributed by atoms with E-state index in [1.165, 1.54) is 6.42 Å². The number of nitrogens with one attached hydrogen (secondary N) is 3. The lowest BCUT2D eigenvalue weighted by Crippen LogP contribution is -2.48. The van der Waals surface area contributed by atoms with Crippen LogP contribution < -0.4 is 10.6 Å². The van der Waals surface area contributed by atoms with E-state index in [4.69, 9.17) is 11.6 Å². The highest BCUT2D eigenvalue weighted by Gasteiger charge is 2.23. The molecule has 0 spiro atoms. The Bertz CT molecular complexity index is 795. The van der Waals surface area contributed by atoms with E-state index >= 15 is 0 Å². The van der Waals surface area contributed by atoms with E-state index in [1.54, 1.807) is 12.1 Å². The first-order valence-corrected chi connectivity index (χ1v) is 10.3. The lowest BCUT2D eigenvalue weighted by atomic mass is 9.86. The number of hydrogen-bond acceptors (Lipinski definition) is 5. The van der Waals surface area contributed by atoms with Crippen molar-refractivity contribution in [3.63, 3.8) is 0 Å². The van der Waals surface area contributed by atoms with E-state index in [0.29, 0.717) is 21.9 Å². The van der Waals surface area contributed by atoms with Gasteiger partial charge in [-0.25, -0.2) is 9.78 Å². The molecule has 2 aromatic rings. The summed E-state index contributed by atoms with van der Waals surface area (Å²) in [6.45, 7) is 2.13. The summed E-state index contributed by atoms with van der Waals surface area (Å²) in [7, 11) is 0. The maximum atomic E-state index is 12.0. The molecular weight excluding hydrogens is 386 g/mol. The molecule has 3 amide bonds. The van der Waals surface area contributed by atoms with Crippen molar-refractivity contribution in [1.29, 1.82) is 0 Å². The first-order chi connectivity index (χ1) is 13.0. The van der Waals surface area contributed by atoms with Crippen LogP contribution >= 0.6 is 23.4 Å². The minimum atomic E-state index is -0.434. The van der Waals surface area contributed by atoms with Gasteiger partial charge < -0.3 is 5.32 Å². The van der Waals surface area contributed by atoms with Gasteiger partial charge in [-0.1, -0.05) is 43.1 Å².